The second-order valence-corrected chi connectivity index (χ2v) is 7.05. The Morgan fingerprint density at radius 3 is 2.57 bits per heavy atom. The lowest BCUT2D eigenvalue weighted by molar-refractivity contribution is -0.147. The molecule has 0 radical (unpaired) electrons. The molecule has 0 spiro atoms. The number of Topliss-reactive ketones (excluding diaryl/α,β-unsaturated/α-hetero) is 1. The minimum Gasteiger partial charge on any atom is -0.495 e. The molecule has 1 aliphatic heterocycles. The van der Waals surface area contributed by atoms with Crippen molar-refractivity contribution in [3.63, 3.8) is 0 Å². The van der Waals surface area contributed by atoms with E-state index in [1.54, 1.807) is 30.3 Å². The number of rotatable bonds is 6. The molecular formula is C21H20ClNO5. The van der Waals surface area contributed by atoms with Crippen LogP contribution in [0.1, 0.15) is 22.3 Å². The molecule has 1 atom stereocenters. The van der Waals surface area contributed by atoms with Crippen LogP contribution in [0.15, 0.2) is 42.5 Å². The molecule has 1 fully saturated rings. The maximum Gasteiger partial charge on any atom is 0.311 e. The summed E-state index contributed by atoms with van der Waals surface area (Å²) in [6, 6.07) is 11.9. The standard InChI is InChI=1S/C21H20ClNO5/c1-13-3-8-19(27-2)17(9-13)23-11-15(10-20(23)25)21(26)28-12-18(24)14-4-6-16(22)7-5-14/h3-9,15H,10-12H2,1-2H3/t15-/m1/s1. The number of ether oxygens (including phenoxy) is 2. The number of benzene rings is 2. The quantitative estimate of drug-likeness (QED) is 0.547. The monoisotopic (exact) mass is 401 g/mol. The van der Waals surface area contributed by atoms with E-state index in [0.717, 1.165) is 5.56 Å². The highest BCUT2D eigenvalue weighted by atomic mass is 35.5. The Labute approximate surface area is 168 Å². The summed E-state index contributed by atoms with van der Waals surface area (Å²) in [4.78, 5) is 38.5. The molecule has 28 heavy (non-hydrogen) atoms. The highest BCUT2D eigenvalue weighted by Crippen LogP contribution is 2.34. The molecule has 3 rings (SSSR count). The maximum absolute atomic E-state index is 12.4. The van der Waals surface area contributed by atoms with Gasteiger partial charge in [0.15, 0.2) is 12.4 Å². The van der Waals surface area contributed by atoms with Gasteiger partial charge in [0.25, 0.3) is 0 Å². The topological polar surface area (TPSA) is 72.9 Å². The van der Waals surface area contributed by atoms with Gasteiger partial charge in [-0.05, 0) is 48.9 Å². The zero-order valence-electron chi connectivity index (χ0n) is 15.6. The number of halogens is 1. The van der Waals surface area contributed by atoms with Crippen LogP contribution < -0.4 is 9.64 Å². The van der Waals surface area contributed by atoms with Crippen molar-refractivity contribution in [2.24, 2.45) is 5.92 Å². The smallest absolute Gasteiger partial charge is 0.311 e. The second kappa shape index (κ2) is 8.44. The van der Waals surface area contributed by atoms with Crippen LogP contribution in [0.3, 0.4) is 0 Å². The summed E-state index contributed by atoms with van der Waals surface area (Å²) in [5, 5.41) is 0.518. The van der Waals surface area contributed by atoms with Gasteiger partial charge in [-0.25, -0.2) is 0 Å². The summed E-state index contributed by atoms with van der Waals surface area (Å²) in [6.45, 7) is 1.73. The van der Waals surface area contributed by atoms with E-state index in [2.05, 4.69) is 0 Å². The van der Waals surface area contributed by atoms with E-state index >= 15 is 0 Å². The Morgan fingerprint density at radius 2 is 1.89 bits per heavy atom. The Morgan fingerprint density at radius 1 is 1.18 bits per heavy atom. The number of hydrogen-bond acceptors (Lipinski definition) is 5. The SMILES string of the molecule is COc1ccc(C)cc1N1C[C@H](C(=O)OCC(=O)c2ccc(Cl)cc2)CC1=O. The second-order valence-electron chi connectivity index (χ2n) is 6.62. The summed E-state index contributed by atoms with van der Waals surface area (Å²) in [5.74, 6) is -1.15. The number of carbonyl (C=O) groups is 3. The Hall–Kier alpha value is -2.86. The van der Waals surface area contributed by atoms with Gasteiger partial charge in [-0.3, -0.25) is 14.4 Å². The van der Waals surface area contributed by atoms with Crippen molar-refractivity contribution in [3.8, 4) is 5.75 Å². The number of ketones is 1. The predicted molar refractivity (Wildman–Crippen MR) is 105 cm³/mol. The van der Waals surface area contributed by atoms with Crippen molar-refractivity contribution < 1.29 is 23.9 Å². The van der Waals surface area contributed by atoms with Gasteiger partial charge in [-0.1, -0.05) is 17.7 Å². The molecule has 1 amide bonds. The van der Waals surface area contributed by atoms with Crippen molar-refractivity contribution in [3.05, 3.63) is 58.6 Å². The molecule has 6 nitrogen and oxygen atoms in total. The Balaban J connectivity index is 1.63. The zero-order chi connectivity index (χ0) is 20.3. The van der Waals surface area contributed by atoms with Crippen LogP contribution >= 0.6 is 11.6 Å². The fourth-order valence-electron chi connectivity index (χ4n) is 3.08. The minimum atomic E-state index is -0.629. The van der Waals surface area contributed by atoms with Crippen LogP contribution in [-0.4, -0.2) is 37.9 Å². The van der Waals surface area contributed by atoms with Crippen LogP contribution in [0, 0.1) is 12.8 Å². The molecule has 0 saturated carbocycles. The van der Waals surface area contributed by atoms with Gasteiger partial charge in [0.05, 0.1) is 18.7 Å². The lowest BCUT2D eigenvalue weighted by atomic mass is 10.1. The molecular weight excluding hydrogens is 382 g/mol. The number of methoxy groups -OCH3 is 1. The third-order valence-corrected chi connectivity index (χ3v) is 4.85. The number of esters is 1. The number of carbonyl (C=O) groups excluding carboxylic acids is 3. The van der Waals surface area contributed by atoms with Gasteiger partial charge in [-0.15, -0.1) is 0 Å². The van der Waals surface area contributed by atoms with Gasteiger partial charge < -0.3 is 14.4 Å². The minimum absolute atomic E-state index is 0.0328. The van der Waals surface area contributed by atoms with E-state index in [4.69, 9.17) is 21.1 Å². The molecule has 0 N–H and O–H groups in total. The van der Waals surface area contributed by atoms with E-state index in [-0.39, 0.29) is 31.3 Å². The average Bonchev–Trinajstić information content (AvgIpc) is 3.08. The summed E-state index contributed by atoms with van der Waals surface area (Å²) < 4.78 is 10.5. The van der Waals surface area contributed by atoms with Crippen LogP contribution in [0.25, 0.3) is 0 Å². The summed E-state index contributed by atoms with van der Waals surface area (Å²) in [7, 11) is 1.53. The van der Waals surface area contributed by atoms with Crippen LogP contribution in [-0.2, 0) is 14.3 Å². The maximum atomic E-state index is 12.4. The van der Waals surface area contributed by atoms with Crippen molar-refractivity contribution in [2.75, 3.05) is 25.2 Å². The summed E-state index contributed by atoms with van der Waals surface area (Å²) in [5.41, 5.74) is 2.01. The molecule has 1 aliphatic rings. The van der Waals surface area contributed by atoms with Gasteiger partial charge in [-0.2, -0.15) is 0 Å². The number of anilines is 1. The third-order valence-electron chi connectivity index (χ3n) is 4.60. The molecule has 146 valence electrons. The highest BCUT2D eigenvalue weighted by Gasteiger charge is 2.37. The molecule has 0 bridgehead atoms. The summed E-state index contributed by atoms with van der Waals surface area (Å²) in [6.07, 6.45) is 0.0328. The molecule has 0 unspecified atom stereocenters. The molecule has 0 aliphatic carbocycles. The van der Waals surface area contributed by atoms with E-state index in [9.17, 15) is 14.4 Å². The Kier molecular flexibility index (Phi) is 5.99. The fraction of sp³-hybridized carbons (Fsp3) is 0.286. The van der Waals surface area contributed by atoms with E-state index in [1.165, 1.54) is 12.0 Å². The van der Waals surface area contributed by atoms with Crippen LogP contribution in [0.2, 0.25) is 5.02 Å². The number of aryl methyl sites for hydroxylation is 1. The predicted octanol–water partition coefficient (Wildman–Crippen LogP) is 3.44. The van der Waals surface area contributed by atoms with E-state index in [0.29, 0.717) is 22.0 Å². The van der Waals surface area contributed by atoms with E-state index < -0.39 is 11.9 Å². The summed E-state index contributed by atoms with van der Waals surface area (Å²) >= 11 is 5.80. The van der Waals surface area contributed by atoms with Crippen molar-refractivity contribution >= 4 is 34.9 Å². The number of amides is 1. The third kappa shape index (κ3) is 4.34. The molecule has 2 aromatic carbocycles. The van der Waals surface area contributed by atoms with E-state index in [1.807, 2.05) is 19.1 Å². The molecule has 1 saturated heterocycles. The Bertz CT molecular complexity index is 910. The van der Waals surface area contributed by atoms with Gasteiger partial charge in [0.1, 0.15) is 5.75 Å². The van der Waals surface area contributed by atoms with Gasteiger partial charge >= 0.3 is 5.97 Å². The van der Waals surface area contributed by atoms with Crippen LogP contribution in [0.4, 0.5) is 5.69 Å². The number of nitrogens with zero attached hydrogens (tertiary/aromatic N) is 1. The first-order valence-corrected chi connectivity index (χ1v) is 9.17. The molecule has 2 aromatic rings. The first kappa shape index (κ1) is 19.9. The van der Waals surface area contributed by atoms with Gasteiger partial charge in [0, 0.05) is 23.6 Å². The van der Waals surface area contributed by atoms with Crippen LogP contribution in [0.5, 0.6) is 5.75 Å². The van der Waals surface area contributed by atoms with Crippen molar-refractivity contribution in [2.45, 2.75) is 13.3 Å². The lowest BCUT2D eigenvalue weighted by Gasteiger charge is -2.20. The largest absolute Gasteiger partial charge is 0.495 e. The van der Waals surface area contributed by atoms with Gasteiger partial charge in [0.2, 0.25) is 5.91 Å². The first-order chi connectivity index (χ1) is 13.4. The lowest BCUT2D eigenvalue weighted by Crippen LogP contribution is -2.27. The van der Waals surface area contributed by atoms with Crippen molar-refractivity contribution in [1.29, 1.82) is 0 Å². The number of hydrogen-bond donors (Lipinski definition) is 0. The average molecular weight is 402 g/mol. The highest BCUT2D eigenvalue weighted by molar-refractivity contribution is 6.30. The zero-order valence-corrected chi connectivity index (χ0v) is 16.4. The molecule has 0 aromatic heterocycles. The molecule has 7 heteroatoms. The molecule has 1 heterocycles. The normalized spacial score (nSPS) is 16.2. The first-order valence-electron chi connectivity index (χ1n) is 8.79. The fourth-order valence-corrected chi connectivity index (χ4v) is 3.21. The van der Waals surface area contributed by atoms with Crippen molar-refractivity contribution in [1.82, 2.24) is 0 Å².